The van der Waals surface area contributed by atoms with E-state index in [1.54, 1.807) is 0 Å². The number of likely N-dealkylation sites (N-methyl/N-ethyl adjacent to an activating group) is 1. The first-order valence-corrected chi connectivity index (χ1v) is 6.28. The molecule has 0 saturated heterocycles. The lowest BCUT2D eigenvalue weighted by molar-refractivity contribution is 0.412. The lowest BCUT2D eigenvalue weighted by Gasteiger charge is -2.25. The molecule has 0 fully saturated rings. The zero-order chi connectivity index (χ0) is 13.5. The number of rotatable bonds is 7. The maximum Gasteiger partial charge on any atom is 0.145 e. The van der Waals surface area contributed by atoms with Crippen LogP contribution in [-0.2, 0) is 0 Å². The summed E-state index contributed by atoms with van der Waals surface area (Å²) in [5.41, 5.74) is 2.58. The summed E-state index contributed by atoms with van der Waals surface area (Å²) in [5.74, 6) is 7.73. The third-order valence-electron chi connectivity index (χ3n) is 2.61. The van der Waals surface area contributed by atoms with Crippen LogP contribution < -0.4 is 16.2 Å². The van der Waals surface area contributed by atoms with Crippen molar-refractivity contribution in [2.75, 3.05) is 44.1 Å². The fourth-order valence-electron chi connectivity index (χ4n) is 1.72. The first kappa shape index (κ1) is 14.7. The molecule has 0 aliphatic heterocycles. The SMILES string of the molecule is CCCN(CCN(C)C)c1cc(NN)nc(C)n1. The smallest absolute Gasteiger partial charge is 0.145 e. The number of nitrogens with two attached hydrogens (primary N) is 1. The Hall–Kier alpha value is -1.40. The highest BCUT2D eigenvalue weighted by Gasteiger charge is 2.09. The molecule has 0 spiro atoms. The van der Waals surface area contributed by atoms with Gasteiger partial charge in [-0.25, -0.2) is 15.8 Å². The van der Waals surface area contributed by atoms with Crippen molar-refractivity contribution < 1.29 is 0 Å². The quantitative estimate of drug-likeness (QED) is 0.554. The van der Waals surface area contributed by atoms with E-state index in [2.05, 4.69) is 46.2 Å². The van der Waals surface area contributed by atoms with Crippen LogP contribution in [0.1, 0.15) is 19.2 Å². The lowest BCUT2D eigenvalue weighted by Crippen LogP contribution is -2.33. The first-order chi connectivity index (χ1) is 8.56. The molecule has 1 aromatic heterocycles. The highest BCUT2D eigenvalue weighted by atomic mass is 15.3. The molecule has 1 aromatic rings. The van der Waals surface area contributed by atoms with Crippen LogP contribution in [-0.4, -0.2) is 48.6 Å². The number of anilines is 2. The molecule has 0 radical (unpaired) electrons. The van der Waals surface area contributed by atoms with Gasteiger partial charge in [0.25, 0.3) is 0 Å². The number of nitrogen functional groups attached to an aromatic ring is 1. The molecule has 0 bridgehead atoms. The summed E-state index contributed by atoms with van der Waals surface area (Å²) < 4.78 is 0. The monoisotopic (exact) mass is 252 g/mol. The molecular weight excluding hydrogens is 228 g/mol. The number of aromatic nitrogens is 2. The highest BCUT2D eigenvalue weighted by Crippen LogP contribution is 2.15. The Kier molecular flexibility index (Phi) is 5.80. The molecule has 6 nitrogen and oxygen atoms in total. The van der Waals surface area contributed by atoms with Crippen molar-refractivity contribution >= 4 is 11.6 Å². The van der Waals surface area contributed by atoms with Gasteiger partial charge in [0.15, 0.2) is 0 Å². The van der Waals surface area contributed by atoms with E-state index in [0.717, 1.165) is 37.7 Å². The number of aryl methyl sites for hydroxylation is 1. The second kappa shape index (κ2) is 7.13. The molecule has 6 heteroatoms. The van der Waals surface area contributed by atoms with Gasteiger partial charge in [0.2, 0.25) is 0 Å². The van der Waals surface area contributed by atoms with Gasteiger partial charge >= 0.3 is 0 Å². The summed E-state index contributed by atoms with van der Waals surface area (Å²) in [4.78, 5) is 13.1. The Labute approximate surface area is 109 Å². The van der Waals surface area contributed by atoms with E-state index in [1.807, 2.05) is 13.0 Å². The minimum atomic E-state index is 0.656. The first-order valence-electron chi connectivity index (χ1n) is 6.28. The zero-order valence-electron chi connectivity index (χ0n) is 11.8. The zero-order valence-corrected chi connectivity index (χ0v) is 11.8. The van der Waals surface area contributed by atoms with Crippen molar-refractivity contribution in [3.8, 4) is 0 Å². The third-order valence-corrected chi connectivity index (χ3v) is 2.61. The van der Waals surface area contributed by atoms with E-state index in [1.165, 1.54) is 0 Å². The van der Waals surface area contributed by atoms with Gasteiger partial charge in [-0.1, -0.05) is 6.92 Å². The van der Waals surface area contributed by atoms with Crippen LogP contribution in [0.15, 0.2) is 6.07 Å². The Morgan fingerprint density at radius 2 is 1.94 bits per heavy atom. The number of hydrazine groups is 1. The Balaban J connectivity index is 2.86. The fourth-order valence-corrected chi connectivity index (χ4v) is 1.72. The van der Waals surface area contributed by atoms with Gasteiger partial charge in [0.1, 0.15) is 17.5 Å². The summed E-state index contributed by atoms with van der Waals surface area (Å²) >= 11 is 0. The summed E-state index contributed by atoms with van der Waals surface area (Å²) in [6.07, 6.45) is 1.09. The molecule has 0 aliphatic carbocycles. The molecule has 0 amide bonds. The van der Waals surface area contributed by atoms with E-state index < -0.39 is 0 Å². The van der Waals surface area contributed by atoms with Gasteiger partial charge in [-0.2, -0.15) is 0 Å². The van der Waals surface area contributed by atoms with Crippen molar-refractivity contribution in [1.29, 1.82) is 0 Å². The normalized spacial score (nSPS) is 10.8. The molecule has 18 heavy (non-hydrogen) atoms. The topological polar surface area (TPSA) is 70.3 Å². The number of hydrogen-bond acceptors (Lipinski definition) is 6. The summed E-state index contributed by atoms with van der Waals surface area (Å²) in [5, 5.41) is 0. The van der Waals surface area contributed by atoms with Crippen LogP contribution >= 0.6 is 0 Å². The molecule has 1 heterocycles. The number of nitrogens with one attached hydrogen (secondary N) is 1. The lowest BCUT2D eigenvalue weighted by atomic mass is 10.3. The van der Waals surface area contributed by atoms with Crippen LogP contribution in [0.25, 0.3) is 0 Å². The molecule has 0 aliphatic rings. The fraction of sp³-hybridized carbons (Fsp3) is 0.667. The predicted octanol–water partition coefficient (Wildman–Crippen LogP) is 0.849. The Bertz CT molecular complexity index is 366. The van der Waals surface area contributed by atoms with Gasteiger partial charge < -0.3 is 15.2 Å². The van der Waals surface area contributed by atoms with Crippen molar-refractivity contribution in [3.63, 3.8) is 0 Å². The van der Waals surface area contributed by atoms with Gasteiger partial charge in [-0.05, 0) is 27.4 Å². The average Bonchev–Trinajstić information content (AvgIpc) is 2.33. The summed E-state index contributed by atoms with van der Waals surface area (Å²) in [6.45, 7) is 6.96. The largest absolute Gasteiger partial charge is 0.355 e. The molecule has 102 valence electrons. The van der Waals surface area contributed by atoms with Gasteiger partial charge in [0, 0.05) is 25.7 Å². The molecule has 1 rings (SSSR count). The van der Waals surface area contributed by atoms with Crippen molar-refractivity contribution in [1.82, 2.24) is 14.9 Å². The van der Waals surface area contributed by atoms with Gasteiger partial charge in [-0.15, -0.1) is 0 Å². The van der Waals surface area contributed by atoms with Crippen molar-refractivity contribution in [2.24, 2.45) is 5.84 Å². The standard InChI is InChI=1S/C12H24N6/c1-5-6-18(8-7-17(3)4)12-9-11(16-13)14-10(2)15-12/h9H,5-8,13H2,1-4H3,(H,14,15,16). The second-order valence-corrected chi connectivity index (χ2v) is 4.59. The molecular formula is C12H24N6. The molecule has 3 N–H and O–H groups in total. The highest BCUT2D eigenvalue weighted by molar-refractivity contribution is 5.48. The van der Waals surface area contributed by atoms with E-state index in [9.17, 15) is 0 Å². The van der Waals surface area contributed by atoms with Crippen LogP contribution in [0.4, 0.5) is 11.6 Å². The van der Waals surface area contributed by atoms with Crippen LogP contribution in [0.5, 0.6) is 0 Å². The van der Waals surface area contributed by atoms with Crippen molar-refractivity contribution in [3.05, 3.63) is 11.9 Å². The maximum absolute atomic E-state index is 5.42. The maximum atomic E-state index is 5.42. The molecule has 0 saturated carbocycles. The number of nitrogens with zero attached hydrogens (tertiary/aromatic N) is 4. The van der Waals surface area contributed by atoms with Crippen LogP contribution in [0.2, 0.25) is 0 Å². The molecule has 0 aromatic carbocycles. The number of hydrogen-bond donors (Lipinski definition) is 2. The summed E-state index contributed by atoms with van der Waals surface area (Å²) in [6, 6.07) is 1.89. The van der Waals surface area contributed by atoms with E-state index in [0.29, 0.717) is 5.82 Å². The predicted molar refractivity (Wildman–Crippen MR) is 75.6 cm³/mol. The minimum absolute atomic E-state index is 0.656. The van der Waals surface area contributed by atoms with Gasteiger partial charge in [0.05, 0.1) is 0 Å². The van der Waals surface area contributed by atoms with E-state index >= 15 is 0 Å². The Morgan fingerprint density at radius 1 is 1.22 bits per heavy atom. The average molecular weight is 252 g/mol. The van der Waals surface area contributed by atoms with Crippen LogP contribution in [0, 0.1) is 6.92 Å². The molecule has 0 atom stereocenters. The van der Waals surface area contributed by atoms with Gasteiger partial charge in [-0.3, -0.25) is 0 Å². The molecule has 0 unspecified atom stereocenters. The van der Waals surface area contributed by atoms with Crippen LogP contribution in [0.3, 0.4) is 0 Å². The van der Waals surface area contributed by atoms with Crippen molar-refractivity contribution in [2.45, 2.75) is 20.3 Å². The Morgan fingerprint density at radius 3 is 2.50 bits per heavy atom. The van der Waals surface area contributed by atoms with E-state index in [-0.39, 0.29) is 0 Å². The van der Waals surface area contributed by atoms with E-state index in [4.69, 9.17) is 5.84 Å². The third kappa shape index (κ3) is 4.46. The second-order valence-electron chi connectivity index (χ2n) is 4.59. The summed E-state index contributed by atoms with van der Waals surface area (Å²) in [7, 11) is 4.14. The minimum Gasteiger partial charge on any atom is -0.355 e.